The molecule has 1 spiro atoms. The van der Waals surface area contributed by atoms with Gasteiger partial charge >= 0.3 is 6.03 Å². The molecule has 2 fully saturated rings. The first kappa shape index (κ1) is 15.9. The van der Waals surface area contributed by atoms with Crippen LogP contribution in [0.3, 0.4) is 0 Å². The van der Waals surface area contributed by atoms with E-state index >= 15 is 0 Å². The van der Waals surface area contributed by atoms with Crippen molar-refractivity contribution in [2.75, 3.05) is 0 Å². The van der Waals surface area contributed by atoms with Gasteiger partial charge in [0.2, 0.25) is 5.89 Å². The fourth-order valence-electron chi connectivity index (χ4n) is 3.89. The number of hydrogen-bond donors (Lipinski definition) is 1. The molecule has 1 N–H and O–H groups in total. The minimum absolute atomic E-state index is 0.0615. The van der Waals surface area contributed by atoms with Crippen LogP contribution < -0.4 is 5.32 Å². The molecule has 0 bridgehead atoms. The summed E-state index contributed by atoms with van der Waals surface area (Å²) in [6, 6.07) is 9.27. The summed E-state index contributed by atoms with van der Waals surface area (Å²) in [5, 5.41) is 2.95. The van der Waals surface area contributed by atoms with Crippen molar-refractivity contribution in [3.05, 3.63) is 42.4 Å². The molecular weight excluding hydrogens is 318 g/mol. The maximum Gasteiger partial charge on any atom is 0.325 e. The Morgan fingerprint density at radius 3 is 2.84 bits per heavy atom. The van der Waals surface area contributed by atoms with Crippen molar-refractivity contribution in [3.63, 3.8) is 0 Å². The molecule has 6 nitrogen and oxygen atoms in total. The maximum atomic E-state index is 13.0. The molecule has 0 radical (unpaired) electrons. The highest BCUT2D eigenvalue weighted by molar-refractivity contribution is 6.07. The Hall–Kier alpha value is -2.63. The maximum absolute atomic E-state index is 13.0. The van der Waals surface area contributed by atoms with E-state index in [1.54, 1.807) is 6.20 Å². The molecule has 1 aromatic carbocycles. The lowest BCUT2D eigenvalue weighted by atomic mass is 9.73. The van der Waals surface area contributed by atoms with E-state index in [1.807, 2.05) is 37.3 Å². The minimum atomic E-state index is -0.746. The number of urea groups is 1. The van der Waals surface area contributed by atoms with Crippen molar-refractivity contribution in [2.45, 2.75) is 44.7 Å². The van der Waals surface area contributed by atoms with Crippen LogP contribution in [-0.4, -0.2) is 27.4 Å². The Kier molecular flexibility index (Phi) is 3.82. The number of oxazole rings is 1. The van der Waals surface area contributed by atoms with E-state index in [1.165, 1.54) is 4.90 Å². The fraction of sp³-hybridized carbons (Fsp3) is 0.421. The Morgan fingerprint density at radius 2 is 2.08 bits per heavy atom. The van der Waals surface area contributed by atoms with E-state index in [-0.39, 0.29) is 24.4 Å². The Labute approximate surface area is 146 Å². The summed E-state index contributed by atoms with van der Waals surface area (Å²) >= 11 is 0. The molecule has 1 aromatic heterocycles. The quantitative estimate of drug-likeness (QED) is 0.870. The van der Waals surface area contributed by atoms with Gasteiger partial charge in [-0.3, -0.25) is 9.69 Å². The molecule has 1 aliphatic carbocycles. The molecule has 2 heterocycles. The SMILES string of the molecule is CC1CCCCC12NC(=O)N(Cc1ncc(-c3ccccc3)o1)C2=O. The molecular formula is C19H21N3O3. The molecule has 6 heteroatoms. The number of amides is 3. The standard InChI is InChI=1S/C19H21N3O3/c1-13-7-5-6-10-19(13)17(23)22(18(24)21-19)12-16-20-11-15(25-16)14-8-3-2-4-9-14/h2-4,8-9,11,13H,5-7,10,12H2,1H3,(H,21,24). The second-order valence-corrected chi connectivity index (χ2v) is 6.92. The molecule has 1 saturated carbocycles. The molecule has 2 aliphatic rings. The van der Waals surface area contributed by atoms with Crippen molar-refractivity contribution in [3.8, 4) is 11.3 Å². The van der Waals surface area contributed by atoms with Crippen LogP contribution in [0.2, 0.25) is 0 Å². The molecule has 1 aliphatic heterocycles. The van der Waals surface area contributed by atoms with Gasteiger partial charge in [-0.15, -0.1) is 0 Å². The number of rotatable bonds is 3. The van der Waals surface area contributed by atoms with Crippen molar-refractivity contribution in [1.82, 2.24) is 15.2 Å². The summed E-state index contributed by atoms with van der Waals surface area (Å²) in [4.78, 5) is 30.8. The zero-order valence-electron chi connectivity index (χ0n) is 14.2. The number of carbonyl (C=O) groups excluding carboxylic acids is 2. The number of imide groups is 1. The van der Waals surface area contributed by atoms with Gasteiger partial charge in [0, 0.05) is 5.56 Å². The van der Waals surface area contributed by atoms with Gasteiger partial charge in [0.05, 0.1) is 6.20 Å². The van der Waals surface area contributed by atoms with Gasteiger partial charge < -0.3 is 9.73 Å². The van der Waals surface area contributed by atoms with Crippen molar-refractivity contribution in [1.29, 1.82) is 0 Å². The van der Waals surface area contributed by atoms with E-state index in [9.17, 15) is 9.59 Å². The number of nitrogens with zero attached hydrogens (tertiary/aromatic N) is 2. The lowest BCUT2D eigenvalue weighted by molar-refractivity contribution is -0.134. The van der Waals surface area contributed by atoms with Gasteiger partial charge in [-0.25, -0.2) is 9.78 Å². The second-order valence-electron chi connectivity index (χ2n) is 6.92. The normalized spacial score (nSPS) is 26.3. The van der Waals surface area contributed by atoms with E-state index in [0.717, 1.165) is 24.8 Å². The van der Waals surface area contributed by atoms with Gasteiger partial charge in [-0.2, -0.15) is 0 Å². The van der Waals surface area contributed by atoms with E-state index < -0.39 is 5.54 Å². The molecule has 25 heavy (non-hydrogen) atoms. The van der Waals surface area contributed by atoms with Crippen LogP contribution in [-0.2, 0) is 11.3 Å². The molecule has 3 amide bonds. The highest BCUT2D eigenvalue weighted by Crippen LogP contribution is 2.38. The van der Waals surface area contributed by atoms with Crippen LogP contribution in [0.1, 0.15) is 38.5 Å². The van der Waals surface area contributed by atoms with Crippen molar-refractivity contribution in [2.24, 2.45) is 5.92 Å². The second kappa shape index (κ2) is 6.02. The number of nitrogens with one attached hydrogen (secondary N) is 1. The number of aromatic nitrogens is 1. The lowest BCUT2D eigenvalue weighted by Crippen LogP contribution is -2.53. The van der Waals surface area contributed by atoms with Crippen LogP contribution >= 0.6 is 0 Å². The largest absolute Gasteiger partial charge is 0.439 e. The number of benzene rings is 1. The Balaban J connectivity index is 1.54. The van der Waals surface area contributed by atoms with Gasteiger partial charge in [0.15, 0.2) is 5.76 Å². The first-order chi connectivity index (χ1) is 12.1. The van der Waals surface area contributed by atoms with Gasteiger partial charge in [-0.05, 0) is 18.8 Å². The van der Waals surface area contributed by atoms with Gasteiger partial charge in [0.1, 0.15) is 12.1 Å². The highest BCUT2D eigenvalue weighted by atomic mass is 16.4. The molecule has 1 saturated heterocycles. The summed E-state index contributed by atoms with van der Waals surface area (Å²) < 4.78 is 5.75. The molecule has 2 aromatic rings. The summed E-state index contributed by atoms with van der Waals surface area (Å²) in [6.07, 6.45) is 5.35. The van der Waals surface area contributed by atoms with Gasteiger partial charge in [-0.1, -0.05) is 50.1 Å². The minimum Gasteiger partial charge on any atom is -0.439 e. The third-order valence-corrected chi connectivity index (χ3v) is 5.41. The monoisotopic (exact) mass is 339 g/mol. The molecule has 130 valence electrons. The van der Waals surface area contributed by atoms with Gasteiger partial charge in [0.25, 0.3) is 5.91 Å². The average Bonchev–Trinajstić information content (AvgIpc) is 3.18. The van der Waals surface area contributed by atoms with Crippen LogP contribution in [0.4, 0.5) is 4.79 Å². The molecule has 2 unspecified atom stereocenters. The van der Waals surface area contributed by atoms with Crippen molar-refractivity contribution < 1.29 is 14.0 Å². The molecule has 2 atom stereocenters. The summed E-state index contributed by atoms with van der Waals surface area (Å²) in [7, 11) is 0. The third-order valence-electron chi connectivity index (χ3n) is 5.41. The first-order valence-electron chi connectivity index (χ1n) is 8.74. The van der Waals surface area contributed by atoms with Crippen LogP contribution in [0.25, 0.3) is 11.3 Å². The Morgan fingerprint density at radius 1 is 1.28 bits per heavy atom. The third kappa shape index (κ3) is 2.62. The lowest BCUT2D eigenvalue weighted by Gasteiger charge is -2.36. The summed E-state index contributed by atoms with van der Waals surface area (Å²) in [5.74, 6) is 0.988. The van der Waals surface area contributed by atoms with E-state index in [4.69, 9.17) is 4.42 Å². The summed E-state index contributed by atoms with van der Waals surface area (Å²) in [5.41, 5.74) is 0.167. The van der Waals surface area contributed by atoms with Crippen LogP contribution in [0.15, 0.2) is 40.9 Å². The fourth-order valence-corrected chi connectivity index (χ4v) is 3.89. The first-order valence-corrected chi connectivity index (χ1v) is 8.74. The Bertz CT molecular complexity index is 801. The van der Waals surface area contributed by atoms with Crippen LogP contribution in [0.5, 0.6) is 0 Å². The highest BCUT2D eigenvalue weighted by Gasteiger charge is 2.55. The molecule has 4 rings (SSSR count). The smallest absolute Gasteiger partial charge is 0.325 e. The predicted molar refractivity (Wildman–Crippen MR) is 91.4 cm³/mol. The zero-order valence-corrected chi connectivity index (χ0v) is 14.2. The van der Waals surface area contributed by atoms with E-state index in [0.29, 0.717) is 18.1 Å². The van der Waals surface area contributed by atoms with Crippen LogP contribution in [0, 0.1) is 5.92 Å². The average molecular weight is 339 g/mol. The predicted octanol–water partition coefficient (Wildman–Crippen LogP) is 3.34. The topological polar surface area (TPSA) is 75.4 Å². The van der Waals surface area contributed by atoms with E-state index in [2.05, 4.69) is 10.3 Å². The zero-order chi connectivity index (χ0) is 17.4. The summed E-state index contributed by atoms with van der Waals surface area (Å²) in [6.45, 7) is 2.10. The van der Waals surface area contributed by atoms with Crippen molar-refractivity contribution >= 4 is 11.9 Å². The number of carbonyl (C=O) groups is 2. The number of hydrogen-bond acceptors (Lipinski definition) is 4.